The molecular formula is C20H15ClN2O4S. The molecule has 1 saturated heterocycles. The molecule has 1 aliphatic heterocycles. The van der Waals surface area contributed by atoms with Gasteiger partial charge in [-0.1, -0.05) is 35.9 Å². The summed E-state index contributed by atoms with van der Waals surface area (Å²) >= 11 is 6.91. The first-order valence-corrected chi connectivity index (χ1v) is 9.50. The molecule has 0 saturated carbocycles. The molecule has 6 nitrogen and oxygen atoms in total. The van der Waals surface area contributed by atoms with Crippen molar-refractivity contribution in [1.82, 2.24) is 4.90 Å². The number of rotatable bonds is 7. The molecule has 28 heavy (non-hydrogen) atoms. The molecule has 2 aromatic rings. The summed E-state index contributed by atoms with van der Waals surface area (Å²) in [5, 5.41) is 8.65. The monoisotopic (exact) mass is 414 g/mol. The van der Waals surface area contributed by atoms with Crippen molar-refractivity contribution < 1.29 is 19.1 Å². The van der Waals surface area contributed by atoms with Crippen LogP contribution in [-0.2, 0) is 4.79 Å². The Kier molecular flexibility index (Phi) is 6.58. The number of amides is 2. The molecule has 0 aliphatic carbocycles. The Labute approximate surface area is 171 Å². The van der Waals surface area contributed by atoms with Gasteiger partial charge in [0.2, 0.25) is 0 Å². The van der Waals surface area contributed by atoms with Crippen LogP contribution in [0.1, 0.15) is 5.56 Å². The lowest BCUT2D eigenvalue weighted by Crippen LogP contribution is -2.32. The highest BCUT2D eigenvalue weighted by molar-refractivity contribution is 8.18. The zero-order valence-electron chi connectivity index (χ0n) is 14.6. The Hall–Kier alpha value is -2.95. The summed E-state index contributed by atoms with van der Waals surface area (Å²) in [5.74, 6) is 0.705. The second kappa shape index (κ2) is 9.31. The Morgan fingerprint density at radius 3 is 2.57 bits per heavy atom. The van der Waals surface area contributed by atoms with Gasteiger partial charge in [-0.3, -0.25) is 14.5 Å². The Morgan fingerprint density at radius 1 is 1.11 bits per heavy atom. The van der Waals surface area contributed by atoms with E-state index in [1.807, 2.05) is 6.07 Å². The maximum atomic E-state index is 12.5. The highest BCUT2D eigenvalue weighted by Gasteiger charge is 2.34. The van der Waals surface area contributed by atoms with E-state index in [4.69, 9.17) is 26.3 Å². The zero-order valence-corrected chi connectivity index (χ0v) is 16.2. The van der Waals surface area contributed by atoms with Crippen molar-refractivity contribution in [2.24, 2.45) is 0 Å². The third kappa shape index (κ3) is 4.85. The molecule has 0 radical (unpaired) electrons. The average Bonchev–Trinajstić information content (AvgIpc) is 2.96. The summed E-state index contributed by atoms with van der Waals surface area (Å²) in [6.07, 6.45) is 1.65. The zero-order chi connectivity index (χ0) is 19.9. The number of carbonyl (C=O) groups is 2. The lowest BCUT2D eigenvalue weighted by molar-refractivity contribution is -0.123. The quantitative estimate of drug-likeness (QED) is 0.626. The van der Waals surface area contributed by atoms with Crippen molar-refractivity contribution in [2.45, 2.75) is 0 Å². The fourth-order valence-electron chi connectivity index (χ4n) is 2.43. The van der Waals surface area contributed by atoms with E-state index >= 15 is 0 Å². The molecule has 2 amide bonds. The molecule has 0 aromatic heterocycles. The molecule has 0 unspecified atom stereocenters. The van der Waals surface area contributed by atoms with Gasteiger partial charge in [-0.25, -0.2) is 0 Å². The average molecular weight is 415 g/mol. The molecule has 8 heteroatoms. The smallest absolute Gasteiger partial charge is 0.293 e. The van der Waals surface area contributed by atoms with Crippen LogP contribution < -0.4 is 9.47 Å². The van der Waals surface area contributed by atoms with Gasteiger partial charge in [0.15, 0.2) is 6.61 Å². The molecular weight excluding hydrogens is 400 g/mol. The fourth-order valence-corrected chi connectivity index (χ4v) is 3.48. The molecule has 0 spiro atoms. The van der Waals surface area contributed by atoms with Crippen LogP contribution >= 0.6 is 23.4 Å². The minimum Gasteiger partial charge on any atom is -0.490 e. The van der Waals surface area contributed by atoms with E-state index in [2.05, 4.69) is 0 Å². The van der Waals surface area contributed by atoms with E-state index in [1.165, 1.54) is 0 Å². The maximum absolute atomic E-state index is 12.5. The van der Waals surface area contributed by atoms with Gasteiger partial charge in [-0.15, -0.1) is 0 Å². The van der Waals surface area contributed by atoms with E-state index < -0.39 is 0 Å². The van der Waals surface area contributed by atoms with Gasteiger partial charge in [0.25, 0.3) is 11.1 Å². The summed E-state index contributed by atoms with van der Waals surface area (Å²) in [5.41, 5.74) is 0.752. The highest BCUT2D eigenvalue weighted by Crippen LogP contribution is 2.32. The van der Waals surface area contributed by atoms with Gasteiger partial charge in [0.1, 0.15) is 24.2 Å². The summed E-state index contributed by atoms with van der Waals surface area (Å²) in [6, 6.07) is 15.8. The molecule has 3 rings (SSSR count). The van der Waals surface area contributed by atoms with Crippen molar-refractivity contribution in [3.05, 3.63) is 64.0 Å². The van der Waals surface area contributed by atoms with Crippen molar-refractivity contribution in [1.29, 1.82) is 5.26 Å². The van der Waals surface area contributed by atoms with Crippen molar-refractivity contribution in [3.8, 4) is 17.6 Å². The number of imide groups is 1. The second-order valence-corrected chi connectivity index (χ2v) is 7.03. The normalized spacial score (nSPS) is 15.0. The number of carbonyl (C=O) groups excluding carboxylic acids is 2. The van der Waals surface area contributed by atoms with E-state index in [-0.39, 0.29) is 30.9 Å². The SMILES string of the molecule is N#CCOc1ccc(/C=C2\SC(=O)N(CCOc3ccccc3Cl)C2=O)cc1. The molecule has 1 aliphatic rings. The predicted octanol–water partition coefficient (Wildman–Crippen LogP) is 4.36. The number of hydrogen-bond donors (Lipinski definition) is 0. The van der Waals surface area contributed by atoms with Crippen LogP contribution in [0.15, 0.2) is 53.4 Å². The number of halogens is 1. The summed E-state index contributed by atoms with van der Waals surface area (Å²) in [7, 11) is 0. The number of para-hydroxylation sites is 1. The van der Waals surface area contributed by atoms with Crippen LogP contribution in [0.2, 0.25) is 5.02 Å². The Bertz CT molecular complexity index is 953. The first-order chi connectivity index (χ1) is 13.6. The first kappa shape index (κ1) is 19.8. The number of ether oxygens (including phenoxy) is 2. The van der Waals surface area contributed by atoms with Gasteiger partial charge < -0.3 is 9.47 Å². The third-order valence-corrected chi connectivity index (χ3v) is 4.98. The Morgan fingerprint density at radius 2 is 1.86 bits per heavy atom. The number of nitrogens with zero attached hydrogens (tertiary/aromatic N) is 2. The molecule has 2 aromatic carbocycles. The fraction of sp³-hybridized carbons (Fsp3) is 0.150. The molecule has 0 N–H and O–H groups in total. The third-order valence-electron chi connectivity index (χ3n) is 3.76. The molecule has 0 bridgehead atoms. The van der Waals surface area contributed by atoms with Crippen LogP contribution in [-0.4, -0.2) is 35.8 Å². The van der Waals surface area contributed by atoms with Crippen LogP contribution in [0.5, 0.6) is 11.5 Å². The lowest BCUT2D eigenvalue weighted by atomic mass is 10.2. The van der Waals surface area contributed by atoms with Crippen LogP contribution in [0.4, 0.5) is 4.79 Å². The van der Waals surface area contributed by atoms with Gasteiger partial charge in [0, 0.05) is 0 Å². The highest BCUT2D eigenvalue weighted by atomic mass is 35.5. The molecule has 0 atom stereocenters. The Balaban J connectivity index is 1.60. The summed E-state index contributed by atoms with van der Waals surface area (Å²) < 4.78 is 10.7. The van der Waals surface area contributed by atoms with E-state index in [9.17, 15) is 9.59 Å². The lowest BCUT2D eigenvalue weighted by Gasteiger charge is -2.13. The summed E-state index contributed by atoms with van der Waals surface area (Å²) in [6.45, 7) is 0.253. The first-order valence-electron chi connectivity index (χ1n) is 8.31. The number of benzene rings is 2. The van der Waals surface area contributed by atoms with Gasteiger partial charge in [0.05, 0.1) is 16.5 Å². The topological polar surface area (TPSA) is 79.6 Å². The standard InChI is InChI=1S/C20H15ClN2O4S/c21-16-3-1-2-4-17(16)27-12-10-23-19(24)18(28-20(23)25)13-14-5-7-15(8-6-14)26-11-9-22/h1-8,13H,10-12H2/b18-13-. The number of hydrogen-bond acceptors (Lipinski definition) is 6. The van der Waals surface area contributed by atoms with Crippen LogP contribution in [0, 0.1) is 11.3 Å². The summed E-state index contributed by atoms with van der Waals surface area (Å²) in [4.78, 5) is 26.2. The molecule has 142 valence electrons. The van der Waals surface area contributed by atoms with Crippen molar-refractivity contribution >= 4 is 40.6 Å². The predicted molar refractivity (Wildman–Crippen MR) is 107 cm³/mol. The number of thioether (sulfide) groups is 1. The van der Waals surface area contributed by atoms with Crippen LogP contribution in [0.3, 0.4) is 0 Å². The van der Waals surface area contributed by atoms with Gasteiger partial charge in [-0.2, -0.15) is 5.26 Å². The second-order valence-electron chi connectivity index (χ2n) is 5.63. The minimum atomic E-state index is -0.359. The molecule has 1 heterocycles. The largest absolute Gasteiger partial charge is 0.490 e. The van der Waals surface area contributed by atoms with Crippen molar-refractivity contribution in [3.63, 3.8) is 0 Å². The van der Waals surface area contributed by atoms with Gasteiger partial charge >= 0.3 is 0 Å². The van der Waals surface area contributed by atoms with Crippen LogP contribution in [0.25, 0.3) is 6.08 Å². The van der Waals surface area contributed by atoms with E-state index in [0.717, 1.165) is 22.2 Å². The van der Waals surface area contributed by atoms with E-state index in [1.54, 1.807) is 54.6 Å². The molecule has 1 fully saturated rings. The number of nitriles is 1. The van der Waals surface area contributed by atoms with Crippen molar-refractivity contribution in [2.75, 3.05) is 19.8 Å². The maximum Gasteiger partial charge on any atom is 0.293 e. The van der Waals surface area contributed by atoms with E-state index in [0.29, 0.717) is 21.4 Å². The van der Waals surface area contributed by atoms with Gasteiger partial charge in [-0.05, 0) is 47.7 Å². The minimum absolute atomic E-state index is 0.0332.